The SMILES string of the molecule is CC(C)CN(CCc1ccccc1)c1ccc2ncc(-c3cc4ccccc4o3)n2n1. The summed E-state index contributed by atoms with van der Waals surface area (Å²) < 4.78 is 7.97. The van der Waals surface area contributed by atoms with Crippen LogP contribution in [0.4, 0.5) is 5.82 Å². The molecule has 5 aromatic rings. The summed E-state index contributed by atoms with van der Waals surface area (Å²) in [6, 6.07) is 24.8. The molecule has 0 bridgehead atoms. The number of anilines is 1. The van der Waals surface area contributed by atoms with Crippen LogP contribution in [0.5, 0.6) is 0 Å². The van der Waals surface area contributed by atoms with Crippen LogP contribution < -0.4 is 4.90 Å². The quantitative estimate of drug-likeness (QED) is 0.338. The van der Waals surface area contributed by atoms with Crippen LogP contribution in [0, 0.1) is 5.92 Å². The van der Waals surface area contributed by atoms with Crippen molar-refractivity contribution >= 4 is 22.4 Å². The molecule has 0 saturated heterocycles. The van der Waals surface area contributed by atoms with Crippen LogP contribution >= 0.6 is 0 Å². The van der Waals surface area contributed by atoms with Gasteiger partial charge in [0.2, 0.25) is 0 Å². The lowest BCUT2D eigenvalue weighted by molar-refractivity contribution is 0.599. The number of hydrogen-bond donors (Lipinski definition) is 0. The Bertz CT molecular complexity index is 1270. The van der Waals surface area contributed by atoms with Gasteiger partial charge in [-0.3, -0.25) is 0 Å². The van der Waals surface area contributed by atoms with Crippen molar-refractivity contribution in [1.29, 1.82) is 0 Å². The summed E-state index contributed by atoms with van der Waals surface area (Å²) in [5.41, 5.74) is 3.88. The summed E-state index contributed by atoms with van der Waals surface area (Å²) in [6.07, 6.45) is 2.81. The highest BCUT2D eigenvalue weighted by atomic mass is 16.3. The van der Waals surface area contributed by atoms with Crippen LogP contribution in [0.3, 0.4) is 0 Å². The van der Waals surface area contributed by atoms with Gasteiger partial charge in [-0.2, -0.15) is 0 Å². The fourth-order valence-corrected chi connectivity index (χ4v) is 3.96. The Balaban J connectivity index is 1.49. The lowest BCUT2D eigenvalue weighted by Gasteiger charge is -2.25. The first-order valence-corrected chi connectivity index (χ1v) is 10.8. The predicted molar refractivity (Wildman–Crippen MR) is 125 cm³/mol. The van der Waals surface area contributed by atoms with Gasteiger partial charge in [-0.15, -0.1) is 5.10 Å². The maximum absolute atomic E-state index is 6.08. The number of nitrogens with zero attached hydrogens (tertiary/aromatic N) is 4. The molecule has 0 amide bonds. The Morgan fingerprint density at radius 1 is 0.968 bits per heavy atom. The van der Waals surface area contributed by atoms with Crippen LogP contribution in [-0.2, 0) is 6.42 Å². The molecule has 2 aromatic carbocycles. The molecule has 0 N–H and O–H groups in total. The van der Waals surface area contributed by atoms with E-state index in [1.165, 1.54) is 5.56 Å². The molecule has 156 valence electrons. The number of hydrogen-bond acceptors (Lipinski definition) is 4. The third-order valence-corrected chi connectivity index (χ3v) is 5.45. The third-order valence-electron chi connectivity index (χ3n) is 5.45. The van der Waals surface area contributed by atoms with E-state index in [0.717, 1.165) is 53.4 Å². The van der Waals surface area contributed by atoms with Gasteiger partial charge in [0.05, 0.1) is 6.20 Å². The molecule has 0 saturated carbocycles. The number of aromatic nitrogens is 3. The van der Waals surface area contributed by atoms with E-state index in [9.17, 15) is 0 Å². The van der Waals surface area contributed by atoms with Gasteiger partial charge >= 0.3 is 0 Å². The Morgan fingerprint density at radius 3 is 2.58 bits per heavy atom. The first-order chi connectivity index (χ1) is 15.2. The van der Waals surface area contributed by atoms with Crippen LogP contribution in [0.25, 0.3) is 28.1 Å². The highest BCUT2D eigenvalue weighted by Gasteiger charge is 2.16. The van der Waals surface area contributed by atoms with E-state index in [1.54, 1.807) is 0 Å². The van der Waals surface area contributed by atoms with E-state index in [0.29, 0.717) is 5.92 Å². The lowest BCUT2D eigenvalue weighted by Crippen LogP contribution is -2.31. The van der Waals surface area contributed by atoms with Crippen LogP contribution in [-0.4, -0.2) is 27.7 Å². The number of para-hydroxylation sites is 1. The van der Waals surface area contributed by atoms with Gasteiger partial charge in [0.1, 0.15) is 17.1 Å². The van der Waals surface area contributed by atoms with Crippen molar-refractivity contribution in [1.82, 2.24) is 14.6 Å². The molecule has 3 aromatic heterocycles. The minimum atomic E-state index is 0.533. The second kappa shape index (κ2) is 8.26. The zero-order valence-electron chi connectivity index (χ0n) is 17.9. The van der Waals surface area contributed by atoms with Crippen LogP contribution in [0.1, 0.15) is 19.4 Å². The number of imidazole rings is 1. The second-order valence-electron chi connectivity index (χ2n) is 8.33. The first-order valence-electron chi connectivity index (χ1n) is 10.8. The topological polar surface area (TPSA) is 46.6 Å². The lowest BCUT2D eigenvalue weighted by atomic mass is 10.1. The molecule has 0 atom stereocenters. The van der Waals surface area contributed by atoms with Crippen molar-refractivity contribution in [3.63, 3.8) is 0 Å². The van der Waals surface area contributed by atoms with E-state index >= 15 is 0 Å². The van der Waals surface area contributed by atoms with Gasteiger partial charge < -0.3 is 9.32 Å². The first kappa shape index (κ1) is 19.4. The fraction of sp³-hybridized carbons (Fsp3) is 0.231. The monoisotopic (exact) mass is 410 g/mol. The van der Waals surface area contributed by atoms with E-state index in [4.69, 9.17) is 9.52 Å². The van der Waals surface area contributed by atoms with Gasteiger partial charge in [0, 0.05) is 18.5 Å². The second-order valence-corrected chi connectivity index (χ2v) is 8.33. The molecule has 0 radical (unpaired) electrons. The average Bonchev–Trinajstić information content (AvgIpc) is 3.40. The highest BCUT2D eigenvalue weighted by Crippen LogP contribution is 2.28. The summed E-state index contributed by atoms with van der Waals surface area (Å²) in [6.45, 7) is 6.34. The van der Waals surface area contributed by atoms with Gasteiger partial charge in [0.15, 0.2) is 11.4 Å². The van der Waals surface area contributed by atoms with Crippen molar-refractivity contribution < 1.29 is 4.42 Å². The molecule has 31 heavy (non-hydrogen) atoms. The largest absolute Gasteiger partial charge is 0.454 e. The molecular weight excluding hydrogens is 384 g/mol. The smallest absolute Gasteiger partial charge is 0.155 e. The maximum Gasteiger partial charge on any atom is 0.155 e. The van der Waals surface area contributed by atoms with E-state index < -0.39 is 0 Å². The number of fused-ring (bicyclic) bond motifs is 2. The molecule has 0 aliphatic heterocycles. The Kier molecular flexibility index (Phi) is 5.16. The Hall–Kier alpha value is -3.60. The van der Waals surface area contributed by atoms with Crippen molar-refractivity contribution in [2.75, 3.05) is 18.0 Å². The van der Waals surface area contributed by atoms with E-state index in [2.05, 4.69) is 72.3 Å². The highest BCUT2D eigenvalue weighted by molar-refractivity contribution is 5.82. The average molecular weight is 411 g/mol. The van der Waals surface area contributed by atoms with Crippen molar-refractivity contribution in [3.05, 3.63) is 84.6 Å². The van der Waals surface area contributed by atoms with Crippen molar-refractivity contribution in [2.24, 2.45) is 5.92 Å². The molecule has 3 heterocycles. The normalized spacial score (nSPS) is 11.6. The summed E-state index contributed by atoms with van der Waals surface area (Å²) in [5.74, 6) is 2.26. The van der Waals surface area contributed by atoms with Gasteiger partial charge in [0.25, 0.3) is 0 Å². The van der Waals surface area contributed by atoms with Gasteiger partial charge in [-0.05, 0) is 42.2 Å². The third kappa shape index (κ3) is 4.04. The maximum atomic E-state index is 6.08. The molecule has 5 heteroatoms. The Morgan fingerprint density at radius 2 is 1.77 bits per heavy atom. The number of benzene rings is 2. The molecule has 0 aliphatic rings. The minimum absolute atomic E-state index is 0.533. The molecule has 5 nitrogen and oxygen atoms in total. The van der Waals surface area contributed by atoms with E-state index in [1.807, 2.05) is 35.0 Å². The number of rotatable bonds is 7. The zero-order chi connectivity index (χ0) is 21.2. The van der Waals surface area contributed by atoms with Crippen molar-refractivity contribution in [3.8, 4) is 11.5 Å². The van der Waals surface area contributed by atoms with E-state index in [-0.39, 0.29) is 0 Å². The summed E-state index contributed by atoms with van der Waals surface area (Å²) in [4.78, 5) is 6.90. The molecular formula is C26H26N4O. The zero-order valence-corrected chi connectivity index (χ0v) is 17.9. The molecule has 5 rings (SSSR count). The van der Waals surface area contributed by atoms with Crippen LogP contribution in [0.15, 0.2) is 83.4 Å². The summed E-state index contributed by atoms with van der Waals surface area (Å²) >= 11 is 0. The van der Waals surface area contributed by atoms with Crippen molar-refractivity contribution in [2.45, 2.75) is 20.3 Å². The molecule has 0 spiro atoms. The summed E-state index contributed by atoms with van der Waals surface area (Å²) in [7, 11) is 0. The number of furan rings is 1. The predicted octanol–water partition coefficient (Wildman–Crippen LogP) is 5.85. The fourth-order valence-electron chi connectivity index (χ4n) is 3.96. The standard InChI is InChI=1S/C26H26N4O/c1-19(2)18-29(15-14-20-8-4-3-5-9-20)26-13-12-25-27-17-22(30(25)28-26)24-16-21-10-6-7-11-23(21)31-24/h3-13,16-17,19H,14-15,18H2,1-2H3. The van der Waals surface area contributed by atoms with Gasteiger partial charge in [-0.1, -0.05) is 62.4 Å². The molecule has 0 aliphatic carbocycles. The summed E-state index contributed by atoms with van der Waals surface area (Å²) in [5, 5.41) is 6.04. The minimum Gasteiger partial charge on any atom is -0.454 e. The van der Waals surface area contributed by atoms with Gasteiger partial charge in [-0.25, -0.2) is 9.50 Å². The Labute approximate surface area is 181 Å². The molecule has 0 fully saturated rings. The van der Waals surface area contributed by atoms with Crippen LogP contribution in [0.2, 0.25) is 0 Å². The molecule has 0 unspecified atom stereocenters.